The molecule has 8 aromatic carbocycles. The van der Waals surface area contributed by atoms with Gasteiger partial charge in [0.15, 0.2) is 0 Å². The Morgan fingerprint density at radius 3 is 1.93 bits per heavy atom. The molecule has 1 heterocycles. The zero-order chi connectivity index (χ0) is 36.3. The Balaban J connectivity index is 1.11. The molecule has 1 unspecified atom stereocenters. The van der Waals surface area contributed by atoms with E-state index in [0.29, 0.717) is 0 Å². The van der Waals surface area contributed by atoms with Crippen LogP contribution in [0.15, 0.2) is 164 Å². The van der Waals surface area contributed by atoms with Gasteiger partial charge in [0.2, 0.25) is 0 Å². The number of thiophene rings is 1. The van der Waals surface area contributed by atoms with Crippen LogP contribution in [0.25, 0.3) is 64.3 Å². The van der Waals surface area contributed by atoms with Crippen molar-refractivity contribution in [2.45, 2.75) is 44.4 Å². The minimum Gasteiger partial charge on any atom is -0.135 e. The van der Waals surface area contributed by atoms with Crippen LogP contribution in [-0.4, -0.2) is 0 Å². The third-order valence-corrected chi connectivity index (χ3v) is 13.9. The fourth-order valence-corrected chi connectivity index (χ4v) is 11.2. The highest BCUT2D eigenvalue weighted by Crippen LogP contribution is 2.58. The first-order valence-electron chi connectivity index (χ1n) is 19.2. The number of benzene rings is 8. The lowest BCUT2D eigenvalue weighted by Crippen LogP contribution is -2.19. The molecule has 258 valence electrons. The van der Waals surface area contributed by atoms with Gasteiger partial charge < -0.3 is 0 Å². The van der Waals surface area contributed by atoms with Crippen LogP contribution in [0.2, 0.25) is 0 Å². The van der Waals surface area contributed by atoms with Crippen LogP contribution in [0.3, 0.4) is 0 Å². The summed E-state index contributed by atoms with van der Waals surface area (Å²) in [4.78, 5) is 0. The summed E-state index contributed by atoms with van der Waals surface area (Å²) in [5.41, 5.74) is 17.6. The van der Waals surface area contributed by atoms with Gasteiger partial charge in [-0.05, 0) is 101 Å². The largest absolute Gasteiger partial charge is 0.135 e. The highest BCUT2D eigenvalue weighted by molar-refractivity contribution is 7.25. The van der Waals surface area contributed by atoms with E-state index in [0.717, 1.165) is 0 Å². The van der Waals surface area contributed by atoms with Gasteiger partial charge >= 0.3 is 0 Å². The van der Waals surface area contributed by atoms with Crippen molar-refractivity contribution in [1.82, 2.24) is 0 Å². The van der Waals surface area contributed by atoms with E-state index >= 15 is 0 Å². The van der Waals surface area contributed by atoms with Gasteiger partial charge in [0, 0.05) is 36.9 Å². The second-order valence-electron chi connectivity index (χ2n) is 16.4. The maximum absolute atomic E-state index is 2.57. The van der Waals surface area contributed by atoms with Gasteiger partial charge in [0.25, 0.3) is 0 Å². The third-order valence-electron chi connectivity index (χ3n) is 12.8. The van der Waals surface area contributed by atoms with Crippen LogP contribution in [0.4, 0.5) is 0 Å². The number of hydrogen-bond donors (Lipinski definition) is 0. The molecule has 0 amide bonds. The molecule has 0 fully saturated rings. The van der Waals surface area contributed by atoms with Gasteiger partial charge in [-0.1, -0.05) is 173 Å². The summed E-state index contributed by atoms with van der Waals surface area (Å²) in [5, 5.41) is 5.28. The average Bonchev–Trinajstić information content (AvgIpc) is 3.76. The van der Waals surface area contributed by atoms with Crippen molar-refractivity contribution in [1.29, 1.82) is 0 Å². The third kappa shape index (κ3) is 4.43. The Bertz CT molecular complexity index is 2990. The van der Waals surface area contributed by atoms with E-state index in [1.807, 2.05) is 11.3 Å². The van der Waals surface area contributed by atoms with Crippen molar-refractivity contribution in [2.75, 3.05) is 0 Å². The molecule has 11 rings (SSSR count). The first-order chi connectivity index (χ1) is 26.3. The molecule has 1 atom stereocenters. The summed E-state index contributed by atoms with van der Waals surface area (Å²) in [6.07, 6.45) is 0. The van der Waals surface area contributed by atoms with Gasteiger partial charge in [0.05, 0.1) is 0 Å². The fourth-order valence-electron chi connectivity index (χ4n) is 10.0. The van der Waals surface area contributed by atoms with Gasteiger partial charge in [-0.3, -0.25) is 0 Å². The van der Waals surface area contributed by atoms with Gasteiger partial charge in [0.1, 0.15) is 0 Å². The molecule has 0 aliphatic heterocycles. The first kappa shape index (κ1) is 31.7. The Labute approximate surface area is 321 Å². The molecule has 54 heavy (non-hydrogen) atoms. The SMILES string of the molecule is CC1(C)c2cc(C(c3ccc4c(c3)sc3ccccc34)c3cccc4ccccc34)ccc2-c2cc3c(cc21)C(C)(C)c1cccc(-c2ccccc2)c1-3. The van der Waals surface area contributed by atoms with Crippen molar-refractivity contribution in [3.63, 3.8) is 0 Å². The normalized spacial score (nSPS) is 15.3. The van der Waals surface area contributed by atoms with E-state index in [1.54, 1.807) is 0 Å². The standard InChI is InChI=1S/C53H40S/c1-52(2)44-22-13-20-37(33-14-6-5-7-15-33)51(44)43-30-42-38-26-24-34(28-45(38)53(3,4)46(42)31-47(43)52)50(41-21-12-17-32-16-8-9-18-36(32)41)35-25-27-40-39-19-10-11-23-48(39)54-49(40)29-35/h5-31,50H,1-4H3. The lowest BCUT2D eigenvalue weighted by molar-refractivity contribution is 0.638. The zero-order valence-electron chi connectivity index (χ0n) is 31.1. The zero-order valence-corrected chi connectivity index (χ0v) is 31.9. The van der Waals surface area contributed by atoms with Crippen LogP contribution >= 0.6 is 11.3 Å². The summed E-state index contributed by atoms with van der Waals surface area (Å²) in [5.74, 6) is 0.0831. The van der Waals surface area contributed by atoms with E-state index in [4.69, 9.17) is 0 Å². The van der Waals surface area contributed by atoms with Crippen LogP contribution in [0.1, 0.15) is 72.6 Å². The number of rotatable bonds is 4. The molecule has 9 aromatic rings. The smallest absolute Gasteiger partial charge is 0.0358 e. The molecule has 0 bridgehead atoms. The summed E-state index contributed by atoms with van der Waals surface area (Å²) in [6.45, 7) is 9.70. The minimum atomic E-state index is -0.151. The van der Waals surface area contributed by atoms with E-state index in [-0.39, 0.29) is 16.7 Å². The molecule has 0 N–H and O–H groups in total. The van der Waals surface area contributed by atoms with Crippen LogP contribution in [0.5, 0.6) is 0 Å². The van der Waals surface area contributed by atoms with E-state index in [9.17, 15) is 0 Å². The second-order valence-corrected chi connectivity index (χ2v) is 17.5. The Hall–Kier alpha value is -5.76. The molecule has 1 heteroatoms. The van der Waals surface area contributed by atoms with E-state index in [1.165, 1.54) is 103 Å². The predicted octanol–water partition coefficient (Wildman–Crippen LogP) is 14.7. The van der Waals surface area contributed by atoms with Crippen LogP contribution < -0.4 is 0 Å². The van der Waals surface area contributed by atoms with Crippen molar-refractivity contribution in [3.8, 4) is 33.4 Å². The van der Waals surface area contributed by atoms with Crippen LogP contribution in [-0.2, 0) is 10.8 Å². The van der Waals surface area contributed by atoms with E-state index in [2.05, 4.69) is 191 Å². The second kappa shape index (κ2) is 11.4. The first-order valence-corrected chi connectivity index (χ1v) is 20.0. The summed E-state index contributed by atoms with van der Waals surface area (Å²) >= 11 is 1.90. The number of hydrogen-bond acceptors (Lipinski definition) is 1. The van der Waals surface area contributed by atoms with Gasteiger partial charge in [-0.15, -0.1) is 11.3 Å². The maximum atomic E-state index is 2.57. The minimum absolute atomic E-state index is 0.0831. The summed E-state index contributed by atoms with van der Waals surface area (Å²) in [7, 11) is 0. The average molecular weight is 709 g/mol. The highest BCUT2D eigenvalue weighted by atomic mass is 32.1. The topological polar surface area (TPSA) is 0 Å². The monoisotopic (exact) mass is 708 g/mol. The molecule has 0 radical (unpaired) electrons. The lowest BCUT2D eigenvalue weighted by Gasteiger charge is -2.27. The van der Waals surface area contributed by atoms with Crippen molar-refractivity contribution >= 4 is 42.3 Å². The van der Waals surface area contributed by atoms with Crippen molar-refractivity contribution in [2.24, 2.45) is 0 Å². The molecule has 0 saturated heterocycles. The Morgan fingerprint density at radius 1 is 0.407 bits per heavy atom. The molecule has 1 aromatic heterocycles. The van der Waals surface area contributed by atoms with Gasteiger partial charge in [-0.2, -0.15) is 0 Å². The molecule has 0 spiro atoms. The fraction of sp³-hybridized carbons (Fsp3) is 0.132. The molecule has 2 aliphatic carbocycles. The summed E-state index contributed by atoms with van der Waals surface area (Å²) in [6, 6.07) is 62.1. The van der Waals surface area contributed by atoms with Gasteiger partial charge in [-0.25, -0.2) is 0 Å². The molecular formula is C53H40S. The summed E-state index contributed by atoms with van der Waals surface area (Å²) < 4.78 is 2.69. The van der Waals surface area contributed by atoms with Crippen molar-refractivity contribution in [3.05, 3.63) is 203 Å². The molecule has 0 nitrogen and oxygen atoms in total. The lowest BCUT2D eigenvalue weighted by atomic mass is 9.76. The molecule has 2 aliphatic rings. The predicted molar refractivity (Wildman–Crippen MR) is 231 cm³/mol. The quantitative estimate of drug-likeness (QED) is 0.160. The highest BCUT2D eigenvalue weighted by Gasteiger charge is 2.42. The maximum Gasteiger partial charge on any atom is 0.0358 e. The number of fused-ring (bicyclic) bond motifs is 10. The Kier molecular flexibility index (Phi) is 6.68. The van der Waals surface area contributed by atoms with E-state index < -0.39 is 0 Å². The molecule has 0 saturated carbocycles. The van der Waals surface area contributed by atoms with Crippen LogP contribution in [0, 0.1) is 0 Å². The molecular weight excluding hydrogens is 669 g/mol. The van der Waals surface area contributed by atoms with Crippen molar-refractivity contribution < 1.29 is 0 Å². The Morgan fingerprint density at radius 2 is 1.06 bits per heavy atom.